The first-order valence-corrected chi connectivity index (χ1v) is 8.07. The fourth-order valence-corrected chi connectivity index (χ4v) is 3.86. The maximum Gasteiger partial charge on any atom is 0.0575 e. The Morgan fingerprint density at radius 1 is 0.944 bits per heavy atom. The highest BCUT2D eigenvalue weighted by molar-refractivity contribution is 4.87. The van der Waals surface area contributed by atoms with Gasteiger partial charge in [-0.3, -0.25) is 0 Å². The Morgan fingerprint density at radius 3 is 2.00 bits per heavy atom. The minimum atomic E-state index is 0.575. The third-order valence-electron chi connectivity index (χ3n) is 5.09. The lowest BCUT2D eigenvalue weighted by atomic mass is 9.70. The fraction of sp³-hybridized carbons (Fsp3) is 0.882. The van der Waals surface area contributed by atoms with Gasteiger partial charge in [-0.1, -0.05) is 13.0 Å². The molecule has 2 rings (SSSR count). The Kier molecular flexibility index (Phi) is 5.75. The van der Waals surface area contributed by atoms with Crippen LogP contribution in [0.4, 0.5) is 0 Å². The highest BCUT2D eigenvalue weighted by Gasteiger charge is 2.30. The van der Waals surface area contributed by atoms with E-state index in [0.29, 0.717) is 6.10 Å². The van der Waals surface area contributed by atoms with Crippen LogP contribution < -0.4 is 0 Å². The zero-order valence-corrected chi connectivity index (χ0v) is 12.1. The summed E-state index contributed by atoms with van der Waals surface area (Å²) in [5.41, 5.74) is 0. The van der Waals surface area contributed by atoms with Gasteiger partial charge in [0.15, 0.2) is 0 Å². The normalized spacial score (nSPS) is 37.4. The predicted molar refractivity (Wildman–Crippen MR) is 77.6 cm³/mol. The highest BCUT2D eigenvalue weighted by atomic mass is 16.5. The third-order valence-corrected chi connectivity index (χ3v) is 5.09. The fourth-order valence-electron chi connectivity index (χ4n) is 3.86. The van der Waals surface area contributed by atoms with Crippen LogP contribution in [0.5, 0.6) is 0 Å². The standard InChI is InChI=1S/C17H30O/c1-3-13-18-17-11-9-16(10-12-17)15-7-5-14(4-2)6-8-15/h4,14-17H,2-3,5-13H2,1H3/t14-,15-,16-,17-. The van der Waals surface area contributed by atoms with Gasteiger partial charge in [0.05, 0.1) is 6.10 Å². The lowest BCUT2D eigenvalue weighted by Gasteiger charge is -2.37. The molecule has 0 aromatic rings. The van der Waals surface area contributed by atoms with Gasteiger partial charge in [0.2, 0.25) is 0 Å². The van der Waals surface area contributed by atoms with E-state index in [-0.39, 0.29) is 0 Å². The van der Waals surface area contributed by atoms with Crippen LogP contribution in [0.15, 0.2) is 12.7 Å². The van der Waals surface area contributed by atoms with Crippen molar-refractivity contribution in [3.05, 3.63) is 12.7 Å². The molecule has 0 heterocycles. The summed E-state index contributed by atoms with van der Waals surface area (Å²) in [5.74, 6) is 2.82. The van der Waals surface area contributed by atoms with Crippen molar-refractivity contribution in [3.8, 4) is 0 Å². The van der Waals surface area contributed by atoms with Crippen molar-refractivity contribution in [2.24, 2.45) is 17.8 Å². The number of hydrogen-bond donors (Lipinski definition) is 0. The molecule has 0 aromatic carbocycles. The SMILES string of the molecule is C=C[C@H]1CC[C@H]([C@H]2CC[C@H](OCCC)CC2)CC1. The molecule has 0 unspecified atom stereocenters. The van der Waals surface area contributed by atoms with Gasteiger partial charge >= 0.3 is 0 Å². The molecular formula is C17H30O. The molecule has 18 heavy (non-hydrogen) atoms. The smallest absolute Gasteiger partial charge is 0.0575 e. The van der Waals surface area contributed by atoms with Crippen molar-refractivity contribution in [2.45, 2.75) is 70.8 Å². The summed E-state index contributed by atoms with van der Waals surface area (Å²) < 4.78 is 5.89. The van der Waals surface area contributed by atoms with Gasteiger partial charge in [0.25, 0.3) is 0 Å². The molecule has 0 radical (unpaired) electrons. The van der Waals surface area contributed by atoms with Gasteiger partial charge in [-0.2, -0.15) is 0 Å². The molecule has 0 spiro atoms. The molecule has 0 amide bonds. The van der Waals surface area contributed by atoms with Crippen LogP contribution >= 0.6 is 0 Å². The van der Waals surface area contributed by atoms with Crippen molar-refractivity contribution in [3.63, 3.8) is 0 Å². The van der Waals surface area contributed by atoms with Gasteiger partial charge in [-0.15, -0.1) is 6.58 Å². The number of ether oxygens (including phenoxy) is 1. The van der Waals surface area contributed by atoms with E-state index in [4.69, 9.17) is 4.74 Å². The van der Waals surface area contributed by atoms with E-state index < -0.39 is 0 Å². The average molecular weight is 250 g/mol. The van der Waals surface area contributed by atoms with Gasteiger partial charge in [-0.25, -0.2) is 0 Å². The molecular weight excluding hydrogens is 220 g/mol. The summed E-state index contributed by atoms with van der Waals surface area (Å²) >= 11 is 0. The van der Waals surface area contributed by atoms with E-state index in [0.717, 1.165) is 30.8 Å². The van der Waals surface area contributed by atoms with Crippen LogP contribution in [0.2, 0.25) is 0 Å². The molecule has 0 saturated heterocycles. The second kappa shape index (κ2) is 7.33. The van der Waals surface area contributed by atoms with Crippen molar-refractivity contribution >= 4 is 0 Å². The van der Waals surface area contributed by atoms with Gasteiger partial charge in [0, 0.05) is 6.61 Å². The zero-order valence-electron chi connectivity index (χ0n) is 12.1. The summed E-state index contributed by atoms with van der Waals surface area (Å²) in [7, 11) is 0. The Balaban J connectivity index is 1.68. The van der Waals surface area contributed by atoms with E-state index in [1.165, 1.54) is 51.4 Å². The Bertz CT molecular complexity index is 232. The van der Waals surface area contributed by atoms with Gasteiger partial charge < -0.3 is 4.74 Å². The first-order valence-electron chi connectivity index (χ1n) is 8.07. The number of hydrogen-bond acceptors (Lipinski definition) is 1. The van der Waals surface area contributed by atoms with Crippen LogP contribution in [0.1, 0.15) is 64.7 Å². The second-order valence-corrected chi connectivity index (χ2v) is 6.32. The molecule has 2 aliphatic carbocycles. The molecule has 0 N–H and O–H groups in total. The van der Waals surface area contributed by atoms with Crippen LogP contribution in [0, 0.1) is 17.8 Å². The van der Waals surface area contributed by atoms with Crippen molar-refractivity contribution in [1.29, 1.82) is 0 Å². The third kappa shape index (κ3) is 3.85. The first-order chi connectivity index (χ1) is 8.83. The topological polar surface area (TPSA) is 9.23 Å². The Labute approximate surface area is 113 Å². The molecule has 0 bridgehead atoms. The maximum absolute atomic E-state index is 5.89. The highest BCUT2D eigenvalue weighted by Crippen LogP contribution is 2.40. The average Bonchev–Trinajstić information content (AvgIpc) is 2.46. The second-order valence-electron chi connectivity index (χ2n) is 6.32. The summed E-state index contributed by atoms with van der Waals surface area (Å²) in [6.45, 7) is 7.10. The van der Waals surface area contributed by atoms with Gasteiger partial charge in [0.1, 0.15) is 0 Å². The summed E-state index contributed by atoms with van der Waals surface area (Å²) in [5, 5.41) is 0. The van der Waals surface area contributed by atoms with Crippen LogP contribution in [0.25, 0.3) is 0 Å². The lowest BCUT2D eigenvalue weighted by Crippen LogP contribution is -2.28. The molecule has 2 saturated carbocycles. The molecule has 0 aliphatic heterocycles. The molecule has 1 heteroatoms. The Hall–Kier alpha value is -0.300. The van der Waals surface area contributed by atoms with Crippen LogP contribution in [-0.4, -0.2) is 12.7 Å². The molecule has 104 valence electrons. The van der Waals surface area contributed by atoms with Crippen LogP contribution in [0.3, 0.4) is 0 Å². The van der Waals surface area contributed by atoms with E-state index in [9.17, 15) is 0 Å². The molecule has 0 atom stereocenters. The van der Waals surface area contributed by atoms with E-state index in [1.54, 1.807) is 0 Å². The summed E-state index contributed by atoms with van der Waals surface area (Å²) in [4.78, 5) is 0. The first kappa shape index (κ1) is 14.1. The minimum absolute atomic E-state index is 0.575. The largest absolute Gasteiger partial charge is 0.378 e. The van der Waals surface area contributed by atoms with E-state index in [1.807, 2.05) is 0 Å². The summed E-state index contributed by atoms with van der Waals surface area (Å²) in [6.07, 6.45) is 15.0. The lowest BCUT2D eigenvalue weighted by molar-refractivity contribution is 0.00797. The minimum Gasteiger partial charge on any atom is -0.378 e. The Morgan fingerprint density at radius 2 is 1.50 bits per heavy atom. The molecule has 2 aliphatic rings. The van der Waals surface area contributed by atoms with Crippen molar-refractivity contribution in [2.75, 3.05) is 6.61 Å². The van der Waals surface area contributed by atoms with Crippen molar-refractivity contribution < 1.29 is 4.74 Å². The molecule has 2 fully saturated rings. The quantitative estimate of drug-likeness (QED) is 0.626. The summed E-state index contributed by atoms with van der Waals surface area (Å²) in [6, 6.07) is 0. The van der Waals surface area contributed by atoms with Crippen LogP contribution in [-0.2, 0) is 4.74 Å². The van der Waals surface area contributed by atoms with Gasteiger partial charge in [-0.05, 0) is 75.5 Å². The molecule has 1 nitrogen and oxygen atoms in total. The number of rotatable bonds is 5. The number of allylic oxidation sites excluding steroid dienone is 1. The van der Waals surface area contributed by atoms with E-state index in [2.05, 4.69) is 19.6 Å². The zero-order chi connectivity index (χ0) is 12.8. The monoisotopic (exact) mass is 250 g/mol. The maximum atomic E-state index is 5.89. The van der Waals surface area contributed by atoms with E-state index >= 15 is 0 Å². The predicted octanol–water partition coefficient (Wildman–Crippen LogP) is 4.96. The van der Waals surface area contributed by atoms with Crippen molar-refractivity contribution in [1.82, 2.24) is 0 Å². The molecule has 0 aromatic heterocycles.